The molecule has 1 aliphatic rings. The number of rotatable bonds is 3. The molecule has 1 aromatic carbocycles. The van der Waals surface area contributed by atoms with Gasteiger partial charge in [-0.15, -0.1) is 0 Å². The van der Waals surface area contributed by atoms with Crippen LogP contribution in [0.15, 0.2) is 6.07 Å². The minimum atomic E-state index is 0.0792. The van der Waals surface area contributed by atoms with Crippen molar-refractivity contribution in [2.45, 2.75) is 44.9 Å². The lowest BCUT2D eigenvalue weighted by Crippen LogP contribution is -2.33. The minimum Gasteiger partial charge on any atom is -0.504 e. The first-order valence-corrected chi connectivity index (χ1v) is 6.63. The third-order valence-corrected chi connectivity index (χ3v) is 4.57. The van der Waals surface area contributed by atoms with Crippen LogP contribution in [0.25, 0.3) is 0 Å². The Labute approximate surface area is 109 Å². The first kappa shape index (κ1) is 13.2. The van der Waals surface area contributed by atoms with Crippen LogP contribution in [-0.2, 0) is 5.41 Å². The van der Waals surface area contributed by atoms with Crippen LogP contribution in [0.5, 0.6) is 11.5 Å². The second-order valence-electron chi connectivity index (χ2n) is 5.42. The second-order valence-corrected chi connectivity index (χ2v) is 5.42. The predicted molar refractivity (Wildman–Crippen MR) is 73.3 cm³/mol. The van der Waals surface area contributed by atoms with Crippen molar-refractivity contribution in [3.63, 3.8) is 0 Å². The average Bonchev–Trinajstić information content (AvgIpc) is 2.86. The maximum Gasteiger partial charge on any atom is 0.161 e. The molecule has 0 aliphatic heterocycles. The van der Waals surface area contributed by atoms with Gasteiger partial charge in [0.05, 0.1) is 7.11 Å². The van der Waals surface area contributed by atoms with Gasteiger partial charge in [-0.1, -0.05) is 12.8 Å². The Morgan fingerprint density at radius 1 is 1.28 bits per heavy atom. The van der Waals surface area contributed by atoms with Gasteiger partial charge in [0, 0.05) is 12.0 Å². The van der Waals surface area contributed by atoms with Crippen LogP contribution in [0.4, 0.5) is 0 Å². The summed E-state index contributed by atoms with van der Waals surface area (Å²) >= 11 is 0. The van der Waals surface area contributed by atoms with Crippen molar-refractivity contribution in [1.82, 2.24) is 0 Å². The van der Waals surface area contributed by atoms with E-state index in [2.05, 4.69) is 6.92 Å². The summed E-state index contributed by atoms with van der Waals surface area (Å²) in [6.07, 6.45) is 4.74. The van der Waals surface area contributed by atoms with Crippen LogP contribution in [0.2, 0.25) is 0 Å². The SMILES string of the molecule is COc1cc(C2(CN)CCCC2)c(C)c(C)c1O. The van der Waals surface area contributed by atoms with Gasteiger partial charge in [-0.2, -0.15) is 0 Å². The quantitative estimate of drug-likeness (QED) is 0.866. The van der Waals surface area contributed by atoms with Gasteiger partial charge in [0.2, 0.25) is 0 Å². The van der Waals surface area contributed by atoms with Crippen LogP contribution in [0.3, 0.4) is 0 Å². The first-order chi connectivity index (χ1) is 8.55. The molecule has 0 saturated heterocycles. The van der Waals surface area contributed by atoms with Gasteiger partial charge < -0.3 is 15.6 Å². The third kappa shape index (κ3) is 1.87. The van der Waals surface area contributed by atoms with E-state index in [0.29, 0.717) is 12.3 Å². The van der Waals surface area contributed by atoms with E-state index in [1.54, 1.807) is 7.11 Å². The third-order valence-electron chi connectivity index (χ3n) is 4.57. The van der Waals surface area contributed by atoms with Gasteiger partial charge in [0.25, 0.3) is 0 Å². The number of phenolic OH excluding ortho intramolecular Hbond substituents is 1. The molecule has 1 fully saturated rings. The molecule has 0 heterocycles. The van der Waals surface area contributed by atoms with Crippen molar-refractivity contribution in [3.8, 4) is 11.5 Å². The summed E-state index contributed by atoms with van der Waals surface area (Å²) in [5.41, 5.74) is 9.44. The van der Waals surface area contributed by atoms with Gasteiger partial charge in [-0.05, 0) is 49.4 Å². The van der Waals surface area contributed by atoms with Crippen LogP contribution >= 0.6 is 0 Å². The highest BCUT2D eigenvalue weighted by Gasteiger charge is 2.36. The maximum absolute atomic E-state index is 10.0. The highest BCUT2D eigenvalue weighted by Crippen LogP contribution is 2.45. The molecule has 18 heavy (non-hydrogen) atoms. The summed E-state index contributed by atoms with van der Waals surface area (Å²) in [4.78, 5) is 0. The van der Waals surface area contributed by atoms with Crippen molar-refractivity contribution >= 4 is 0 Å². The lowest BCUT2D eigenvalue weighted by Gasteiger charge is -2.31. The van der Waals surface area contributed by atoms with Crippen molar-refractivity contribution in [2.24, 2.45) is 5.73 Å². The monoisotopic (exact) mass is 249 g/mol. The lowest BCUT2D eigenvalue weighted by atomic mass is 9.76. The number of methoxy groups -OCH3 is 1. The lowest BCUT2D eigenvalue weighted by molar-refractivity contribution is 0.366. The number of phenols is 1. The fraction of sp³-hybridized carbons (Fsp3) is 0.600. The van der Waals surface area contributed by atoms with Gasteiger partial charge in [-0.25, -0.2) is 0 Å². The summed E-state index contributed by atoms with van der Waals surface area (Å²) in [7, 11) is 1.59. The van der Waals surface area contributed by atoms with Gasteiger partial charge in [-0.3, -0.25) is 0 Å². The van der Waals surface area contributed by atoms with E-state index in [1.807, 2.05) is 13.0 Å². The number of hydrogen-bond donors (Lipinski definition) is 2. The molecule has 1 saturated carbocycles. The summed E-state index contributed by atoms with van der Waals surface area (Å²) in [5, 5.41) is 10.0. The molecular formula is C15H23NO2. The Kier molecular flexibility index (Phi) is 3.53. The van der Waals surface area contributed by atoms with E-state index in [0.717, 1.165) is 24.0 Å². The van der Waals surface area contributed by atoms with Crippen LogP contribution < -0.4 is 10.5 Å². The molecular weight excluding hydrogens is 226 g/mol. The van der Waals surface area contributed by atoms with Crippen molar-refractivity contribution in [2.75, 3.05) is 13.7 Å². The Bertz CT molecular complexity index is 448. The largest absolute Gasteiger partial charge is 0.504 e. The zero-order valence-electron chi connectivity index (χ0n) is 11.5. The molecule has 3 N–H and O–H groups in total. The van der Waals surface area contributed by atoms with Gasteiger partial charge >= 0.3 is 0 Å². The Balaban J connectivity index is 2.60. The van der Waals surface area contributed by atoms with Gasteiger partial charge in [0.15, 0.2) is 11.5 Å². The fourth-order valence-corrected chi connectivity index (χ4v) is 3.21. The highest BCUT2D eigenvalue weighted by atomic mass is 16.5. The topological polar surface area (TPSA) is 55.5 Å². The zero-order valence-corrected chi connectivity index (χ0v) is 11.5. The molecule has 1 aromatic rings. The predicted octanol–water partition coefficient (Wildman–Crippen LogP) is 2.79. The molecule has 0 amide bonds. The minimum absolute atomic E-state index is 0.0792. The fourth-order valence-electron chi connectivity index (χ4n) is 3.21. The van der Waals surface area contributed by atoms with E-state index < -0.39 is 0 Å². The Morgan fingerprint density at radius 2 is 1.89 bits per heavy atom. The molecule has 0 atom stereocenters. The highest BCUT2D eigenvalue weighted by molar-refractivity contribution is 5.55. The number of hydrogen-bond acceptors (Lipinski definition) is 3. The van der Waals surface area contributed by atoms with E-state index in [1.165, 1.54) is 18.4 Å². The number of benzene rings is 1. The summed E-state index contributed by atoms with van der Waals surface area (Å²) in [6.45, 7) is 4.68. The molecule has 0 spiro atoms. The normalized spacial score (nSPS) is 18.0. The zero-order chi connectivity index (χ0) is 13.3. The molecule has 0 radical (unpaired) electrons. The van der Waals surface area contributed by atoms with Crippen LogP contribution in [0, 0.1) is 13.8 Å². The van der Waals surface area contributed by atoms with Crippen molar-refractivity contribution in [1.29, 1.82) is 0 Å². The molecule has 2 rings (SSSR count). The summed E-state index contributed by atoms with van der Waals surface area (Å²) in [6, 6.07) is 1.98. The summed E-state index contributed by atoms with van der Waals surface area (Å²) < 4.78 is 5.28. The molecule has 100 valence electrons. The van der Waals surface area contributed by atoms with Crippen molar-refractivity contribution < 1.29 is 9.84 Å². The number of nitrogens with two attached hydrogens (primary N) is 1. The van der Waals surface area contributed by atoms with E-state index in [4.69, 9.17) is 10.5 Å². The molecule has 3 nitrogen and oxygen atoms in total. The van der Waals surface area contributed by atoms with Crippen LogP contribution in [-0.4, -0.2) is 18.8 Å². The average molecular weight is 249 g/mol. The van der Waals surface area contributed by atoms with E-state index in [-0.39, 0.29) is 11.2 Å². The number of ether oxygens (including phenoxy) is 1. The smallest absolute Gasteiger partial charge is 0.161 e. The molecule has 1 aliphatic carbocycles. The maximum atomic E-state index is 10.0. The van der Waals surface area contributed by atoms with E-state index in [9.17, 15) is 5.11 Å². The first-order valence-electron chi connectivity index (χ1n) is 6.63. The molecule has 3 heteroatoms. The molecule has 0 aromatic heterocycles. The van der Waals surface area contributed by atoms with Crippen molar-refractivity contribution in [3.05, 3.63) is 22.8 Å². The Morgan fingerprint density at radius 3 is 2.39 bits per heavy atom. The standard InChI is InChI=1S/C15H23NO2/c1-10-11(2)14(17)13(18-3)8-12(10)15(9-16)6-4-5-7-15/h8,17H,4-7,9,16H2,1-3H3. The molecule has 0 bridgehead atoms. The van der Waals surface area contributed by atoms with Crippen LogP contribution in [0.1, 0.15) is 42.4 Å². The Hall–Kier alpha value is -1.22. The second kappa shape index (κ2) is 4.81. The van der Waals surface area contributed by atoms with E-state index >= 15 is 0 Å². The summed E-state index contributed by atoms with van der Waals surface area (Å²) in [5.74, 6) is 0.816. The number of aromatic hydroxyl groups is 1. The molecule has 0 unspecified atom stereocenters. The van der Waals surface area contributed by atoms with Gasteiger partial charge in [0.1, 0.15) is 0 Å².